The van der Waals surface area contributed by atoms with Crippen LogP contribution in [0.3, 0.4) is 0 Å². The van der Waals surface area contributed by atoms with Gasteiger partial charge in [-0.25, -0.2) is 8.42 Å². The maximum atomic E-state index is 13.8. The van der Waals surface area contributed by atoms with Gasteiger partial charge >= 0.3 is 0 Å². The molecule has 0 unspecified atom stereocenters. The predicted molar refractivity (Wildman–Crippen MR) is 147 cm³/mol. The van der Waals surface area contributed by atoms with Gasteiger partial charge < -0.3 is 10.2 Å². The molecule has 0 saturated carbocycles. The number of rotatable bonds is 10. The SMILES string of the molecule is Cc1ccc(CN(C(=O)CN(c2cccc(Cl)c2)S(=O)(=O)c2ccccc2)[C@@H](C)C(=O)NC(C)C)cc1. The quantitative estimate of drug-likeness (QED) is 0.400. The predicted octanol–water partition coefficient (Wildman–Crippen LogP) is 4.79. The summed E-state index contributed by atoms with van der Waals surface area (Å²) in [6.07, 6.45) is 0. The van der Waals surface area contributed by atoms with Crippen LogP contribution < -0.4 is 9.62 Å². The van der Waals surface area contributed by atoms with Gasteiger partial charge in [0, 0.05) is 17.6 Å². The average Bonchev–Trinajstić information content (AvgIpc) is 2.86. The minimum Gasteiger partial charge on any atom is -0.352 e. The number of halogens is 1. The second kappa shape index (κ2) is 12.3. The summed E-state index contributed by atoms with van der Waals surface area (Å²) in [6, 6.07) is 20.9. The molecule has 0 fully saturated rings. The molecule has 0 saturated heterocycles. The molecule has 3 aromatic rings. The number of aryl methyl sites for hydroxylation is 1. The molecule has 3 rings (SSSR count). The van der Waals surface area contributed by atoms with Crippen molar-refractivity contribution in [3.05, 3.63) is 95.0 Å². The van der Waals surface area contributed by atoms with Crippen molar-refractivity contribution in [1.29, 1.82) is 0 Å². The van der Waals surface area contributed by atoms with Crippen LogP contribution >= 0.6 is 11.6 Å². The van der Waals surface area contributed by atoms with E-state index in [1.165, 1.54) is 23.1 Å². The van der Waals surface area contributed by atoms with Crippen LogP contribution in [0.1, 0.15) is 31.9 Å². The van der Waals surface area contributed by atoms with Crippen LogP contribution in [0.4, 0.5) is 5.69 Å². The van der Waals surface area contributed by atoms with E-state index >= 15 is 0 Å². The lowest BCUT2D eigenvalue weighted by atomic mass is 10.1. The Hall–Kier alpha value is -3.36. The number of carbonyl (C=O) groups excluding carboxylic acids is 2. The Kier molecular flexibility index (Phi) is 9.34. The summed E-state index contributed by atoms with van der Waals surface area (Å²) >= 11 is 6.17. The Morgan fingerprint density at radius 3 is 2.16 bits per heavy atom. The van der Waals surface area contributed by atoms with Gasteiger partial charge in [-0.15, -0.1) is 0 Å². The minimum atomic E-state index is -4.12. The third kappa shape index (κ3) is 7.33. The average molecular weight is 542 g/mol. The van der Waals surface area contributed by atoms with Gasteiger partial charge in [0.1, 0.15) is 12.6 Å². The van der Waals surface area contributed by atoms with Crippen molar-refractivity contribution >= 4 is 39.1 Å². The van der Waals surface area contributed by atoms with Crippen LogP contribution in [0.25, 0.3) is 0 Å². The fourth-order valence-corrected chi connectivity index (χ4v) is 5.37. The van der Waals surface area contributed by atoms with Crippen molar-refractivity contribution in [1.82, 2.24) is 10.2 Å². The van der Waals surface area contributed by atoms with Gasteiger partial charge in [-0.1, -0.05) is 65.7 Å². The van der Waals surface area contributed by atoms with Gasteiger partial charge in [-0.05, 0) is 63.6 Å². The van der Waals surface area contributed by atoms with E-state index in [-0.39, 0.29) is 29.1 Å². The molecule has 0 aliphatic carbocycles. The van der Waals surface area contributed by atoms with E-state index in [2.05, 4.69) is 5.32 Å². The van der Waals surface area contributed by atoms with Crippen LogP contribution in [0.5, 0.6) is 0 Å². The summed E-state index contributed by atoms with van der Waals surface area (Å²) in [7, 11) is -4.12. The zero-order valence-corrected chi connectivity index (χ0v) is 23.0. The Morgan fingerprint density at radius 1 is 0.919 bits per heavy atom. The zero-order valence-electron chi connectivity index (χ0n) is 21.4. The van der Waals surface area contributed by atoms with Gasteiger partial charge in [0.25, 0.3) is 10.0 Å². The highest BCUT2D eigenvalue weighted by Gasteiger charge is 2.32. The van der Waals surface area contributed by atoms with Crippen LogP contribution in [-0.4, -0.2) is 43.8 Å². The Balaban J connectivity index is 2.01. The topological polar surface area (TPSA) is 86.8 Å². The van der Waals surface area contributed by atoms with Gasteiger partial charge in [-0.3, -0.25) is 13.9 Å². The molecule has 2 amide bonds. The fraction of sp³-hybridized carbons (Fsp3) is 0.286. The fourth-order valence-electron chi connectivity index (χ4n) is 3.76. The maximum absolute atomic E-state index is 13.8. The molecule has 1 N–H and O–H groups in total. The molecule has 37 heavy (non-hydrogen) atoms. The van der Waals surface area contributed by atoms with E-state index in [1.807, 2.05) is 45.0 Å². The number of hydrogen-bond acceptors (Lipinski definition) is 4. The molecule has 7 nitrogen and oxygen atoms in total. The summed E-state index contributed by atoms with van der Waals surface area (Å²) in [5.41, 5.74) is 2.14. The molecule has 3 aromatic carbocycles. The lowest BCUT2D eigenvalue weighted by molar-refractivity contribution is -0.139. The summed E-state index contributed by atoms with van der Waals surface area (Å²) in [5.74, 6) is -0.845. The first-order chi connectivity index (χ1) is 17.5. The third-order valence-corrected chi connectivity index (χ3v) is 7.80. The third-order valence-electron chi connectivity index (χ3n) is 5.78. The summed E-state index contributed by atoms with van der Waals surface area (Å²) < 4.78 is 28.4. The number of anilines is 1. The number of amides is 2. The van der Waals surface area contributed by atoms with Crippen molar-refractivity contribution in [2.24, 2.45) is 0 Å². The standard InChI is InChI=1S/C28H32ClN3O4S/c1-20(2)30-28(34)22(4)31(18-23-15-13-21(3)14-16-23)27(33)19-32(25-10-8-9-24(29)17-25)37(35,36)26-11-6-5-7-12-26/h5-17,20,22H,18-19H2,1-4H3,(H,30,34)/t22-/m0/s1. The van der Waals surface area contributed by atoms with Crippen molar-refractivity contribution in [3.63, 3.8) is 0 Å². The number of hydrogen-bond donors (Lipinski definition) is 1. The molecule has 1 atom stereocenters. The summed E-state index contributed by atoms with van der Waals surface area (Å²) in [4.78, 5) is 28.2. The van der Waals surface area contributed by atoms with Crippen LogP contribution in [0.2, 0.25) is 5.02 Å². The summed E-state index contributed by atoms with van der Waals surface area (Å²) in [6.45, 7) is 6.90. The zero-order chi connectivity index (χ0) is 27.2. The van der Waals surface area contributed by atoms with E-state index in [1.54, 1.807) is 43.3 Å². The second-order valence-corrected chi connectivity index (χ2v) is 11.4. The number of nitrogens with zero attached hydrogens (tertiary/aromatic N) is 2. The lowest BCUT2D eigenvalue weighted by Crippen LogP contribution is -2.52. The van der Waals surface area contributed by atoms with Crippen molar-refractivity contribution in [2.75, 3.05) is 10.8 Å². The first kappa shape index (κ1) is 28.2. The number of nitrogens with one attached hydrogen (secondary N) is 1. The van der Waals surface area contributed by atoms with E-state index in [0.717, 1.165) is 15.4 Å². The Labute approximate surface area is 224 Å². The molecular weight excluding hydrogens is 510 g/mol. The van der Waals surface area contributed by atoms with Gasteiger partial charge in [0.2, 0.25) is 11.8 Å². The van der Waals surface area contributed by atoms with Gasteiger partial charge in [0.05, 0.1) is 10.6 Å². The van der Waals surface area contributed by atoms with Gasteiger partial charge in [-0.2, -0.15) is 0 Å². The first-order valence-electron chi connectivity index (χ1n) is 12.0. The molecule has 9 heteroatoms. The number of carbonyl (C=O) groups is 2. The molecule has 0 aliphatic heterocycles. The van der Waals surface area contributed by atoms with Crippen LogP contribution in [-0.2, 0) is 26.2 Å². The molecule has 0 aliphatic rings. The molecule has 0 heterocycles. The van der Waals surface area contributed by atoms with Gasteiger partial charge in [0.15, 0.2) is 0 Å². The Bertz CT molecular complexity index is 1330. The van der Waals surface area contributed by atoms with Crippen molar-refractivity contribution in [2.45, 2.75) is 51.2 Å². The number of benzene rings is 3. The van der Waals surface area contributed by atoms with Crippen molar-refractivity contribution < 1.29 is 18.0 Å². The monoisotopic (exact) mass is 541 g/mol. The molecule has 0 aromatic heterocycles. The summed E-state index contributed by atoms with van der Waals surface area (Å²) in [5, 5.41) is 3.17. The van der Waals surface area contributed by atoms with E-state index < -0.39 is 28.5 Å². The molecular formula is C28H32ClN3O4S. The highest BCUT2D eigenvalue weighted by atomic mass is 35.5. The van der Waals surface area contributed by atoms with Crippen molar-refractivity contribution in [3.8, 4) is 0 Å². The second-order valence-electron chi connectivity index (χ2n) is 9.15. The van der Waals surface area contributed by atoms with E-state index in [4.69, 9.17) is 11.6 Å². The lowest BCUT2D eigenvalue weighted by Gasteiger charge is -2.32. The van der Waals surface area contributed by atoms with Crippen LogP contribution in [0, 0.1) is 6.92 Å². The normalized spacial score (nSPS) is 12.2. The molecule has 196 valence electrons. The molecule has 0 bridgehead atoms. The highest BCUT2D eigenvalue weighted by Crippen LogP contribution is 2.26. The van der Waals surface area contributed by atoms with E-state index in [9.17, 15) is 18.0 Å². The largest absolute Gasteiger partial charge is 0.352 e. The smallest absolute Gasteiger partial charge is 0.264 e. The maximum Gasteiger partial charge on any atom is 0.264 e. The number of sulfonamides is 1. The highest BCUT2D eigenvalue weighted by molar-refractivity contribution is 7.92. The molecule has 0 spiro atoms. The first-order valence-corrected chi connectivity index (χ1v) is 13.8. The minimum absolute atomic E-state index is 0.0402. The molecule has 0 radical (unpaired) electrons. The van der Waals surface area contributed by atoms with Crippen LogP contribution in [0.15, 0.2) is 83.8 Å². The Morgan fingerprint density at radius 2 is 1.57 bits per heavy atom. The van der Waals surface area contributed by atoms with E-state index in [0.29, 0.717) is 5.02 Å².